The van der Waals surface area contributed by atoms with Crippen LogP contribution in [0, 0.1) is 6.92 Å². The largest absolute Gasteiger partial charge is 0.356 e. The molecule has 1 N–H and O–H groups in total. The predicted molar refractivity (Wildman–Crippen MR) is 125 cm³/mol. The number of thiazole rings is 1. The Morgan fingerprint density at radius 1 is 1.06 bits per heavy atom. The Labute approximate surface area is 185 Å². The Morgan fingerprint density at radius 3 is 2.48 bits per heavy atom. The number of carbonyl (C=O) groups is 1. The first kappa shape index (κ1) is 21.1. The molecule has 0 spiro atoms. The maximum Gasteiger partial charge on any atom is 0.329 e. The lowest BCUT2D eigenvalue weighted by Crippen LogP contribution is -2.29. The lowest BCUT2D eigenvalue weighted by atomic mass is 10.2. The van der Waals surface area contributed by atoms with Gasteiger partial charge < -0.3 is 5.32 Å². The molecule has 0 aliphatic carbocycles. The van der Waals surface area contributed by atoms with Gasteiger partial charge in [-0.3, -0.25) is 13.9 Å². The Hall–Kier alpha value is -3.19. The van der Waals surface area contributed by atoms with Crippen molar-refractivity contribution in [3.63, 3.8) is 0 Å². The van der Waals surface area contributed by atoms with E-state index in [2.05, 4.69) is 41.5 Å². The summed E-state index contributed by atoms with van der Waals surface area (Å²) in [5, 5.41) is 5.99. The van der Waals surface area contributed by atoms with Crippen LogP contribution in [0.1, 0.15) is 24.6 Å². The molecule has 4 rings (SSSR count). The fourth-order valence-corrected chi connectivity index (χ4v) is 4.54. The highest BCUT2D eigenvalue weighted by Gasteiger charge is 2.13. The molecular weight excluding hydrogens is 408 g/mol. The zero-order valence-electron chi connectivity index (χ0n) is 17.8. The van der Waals surface area contributed by atoms with Crippen LogP contribution in [-0.4, -0.2) is 26.6 Å². The van der Waals surface area contributed by atoms with Crippen molar-refractivity contribution in [3.8, 4) is 10.6 Å². The van der Waals surface area contributed by atoms with Crippen LogP contribution in [0.25, 0.3) is 21.6 Å². The number of aryl methyl sites for hydroxylation is 3. The lowest BCUT2D eigenvalue weighted by Gasteiger charge is -2.05. The summed E-state index contributed by atoms with van der Waals surface area (Å²) in [5.74, 6) is -0.0609. The van der Waals surface area contributed by atoms with Crippen LogP contribution in [-0.2, 0) is 24.3 Å². The molecule has 31 heavy (non-hydrogen) atoms. The minimum Gasteiger partial charge on any atom is -0.356 e. The smallest absolute Gasteiger partial charge is 0.329 e. The number of benzene rings is 2. The zero-order valence-corrected chi connectivity index (χ0v) is 18.6. The molecule has 4 aromatic rings. The SMILES string of the molecule is CCn1c(=O)n(CCC(=O)NCCc2csc(-c3ccc(C)cc3)n2)c2ccccc21. The van der Waals surface area contributed by atoms with Crippen molar-refractivity contribution in [3.05, 3.63) is 75.7 Å². The maximum absolute atomic E-state index is 12.7. The van der Waals surface area contributed by atoms with Crippen molar-refractivity contribution in [2.45, 2.75) is 39.8 Å². The van der Waals surface area contributed by atoms with Crippen molar-refractivity contribution < 1.29 is 4.79 Å². The molecule has 2 aromatic heterocycles. The summed E-state index contributed by atoms with van der Waals surface area (Å²) >= 11 is 1.62. The molecule has 0 aliphatic rings. The number of hydrogen-bond donors (Lipinski definition) is 1. The third-order valence-corrected chi connectivity index (χ3v) is 6.30. The van der Waals surface area contributed by atoms with Gasteiger partial charge in [-0.25, -0.2) is 9.78 Å². The van der Waals surface area contributed by atoms with Crippen molar-refractivity contribution in [1.82, 2.24) is 19.4 Å². The Bertz CT molecular complexity index is 1250. The second-order valence-electron chi connectivity index (χ2n) is 7.53. The quantitative estimate of drug-likeness (QED) is 0.456. The fourth-order valence-electron chi connectivity index (χ4n) is 3.68. The zero-order chi connectivity index (χ0) is 21.8. The number of imidazole rings is 1. The predicted octanol–water partition coefficient (Wildman–Crippen LogP) is 4.00. The first-order chi connectivity index (χ1) is 15.1. The van der Waals surface area contributed by atoms with E-state index in [1.54, 1.807) is 20.5 Å². The van der Waals surface area contributed by atoms with Gasteiger partial charge in [-0.15, -0.1) is 11.3 Å². The molecule has 7 heteroatoms. The first-order valence-electron chi connectivity index (χ1n) is 10.5. The number of hydrogen-bond acceptors (Lipinski definition) is 4. The molecule has 0 radical (unpaired) electrons. The van der Waals surface area contributed by atoms with Gasteiger partial charge in [-0.1, -0.05) is 42.0 Å². The topological polar surface area (TPSA) is 68.9 Å². The summed E-state index contributed by atoms with van der Waals surface area (Å²) in [6, 6.07) is 16.0. The van der Waals surface area contributed by atoms with Gasteiger partial charge in [0.1, 0.15) is 5.01 Å². The van der Waals surface area contributed by atoms with Gasteiger partial charge in [0, 0.05) is 43.4 Å². The summed E-state index contributed by atoms with van der Waals surface area (Å²) < 4.78 is 3.42. The molecule has 0 fully saturated rings. The number of nitrogens with one attached hydrogen (secondary N) is 1. The minimum absolute atomic E-state index is 0.0609. The molecule has 0 atom stereocenters. The molecule has 0 saturated carbocycles. The number of aromatic nitrogens is 3. The highest BCUT2D eigenvalue weighted by Crippen LogP contribution is 2.24. The summed E-state index contributed by atoms with van der Waals surface area (Å²) in [5.41, 5.74) is 5.02. The minimum atomic E-state index is -0.0670. The highest BCUT2D eigenvalue weighted by molar-refractivity contribution is 7.13. The van der Waals surface area contributed by atoms with Gasteiger partial charge >= 0.3 is 5.69 Å². The van der Waals surface area contributed by atoms with Crippen molar-refractivity contribution >= 4 is 28.3 Å². The molecule has 2 heterocycles. The number of carbonyl (C=O) groups excluding carboxylic acids is 1. The number of amides is 1. The number of para-hydroxylation sites is 2. The summed E-state index contributed by atoms with van der Waals surface area (Å²) in [7, 11) is 0. The summed E-state index contributed by atoms with van der Waals surface area (Å²) in [6.07, 6.45) is 0.951. The van der Waals surface area contributed by atoms with Gasteiger partial charge in [0.2, 0.25) is 5.91 Å². The van der Waals surface area contributed by atoms with Gasteiger partial charge in [0.25, 0.3) is 0 Å². The van der Waals surface area contributed by atoms with Gasteiger partial charge in [0.05, 0.1) is 16.7 Å². The van der Waals surface area contributed by atoms with Crippen molar-refractivity contribution in [1.29, 1.82) is 0 Å². The Kier molecular flexibility index (Phi) is 6.32. The standard InChI is InChI=1S/C24H26N4O2S/c1-3-27-20-6-4-5-7-21(20)28(24(27)30)15-13-22(29)25-14-12-19-16-31-23(26-19)18-10-8-17(2)9-11-18/h4-11,16H,3,12-15H2,1-2H3,(H,25,29). The van der Waals surface area contributed by atoms with E-state index in [-0.39, 0.29) is 18.0 Å². The van der Waals surface area contributed by atoms with Crippen molar-refractivity contribution in [2.24, 2.45) is 0 Å². The molecular formula is C24H26N4O2S. The van der Waals surface area contributed by atoms with E-state index in [1.807, 2.05) is 36.6 Å². The van der Waals surface area contributed by atoms with Gasteiger partial charge in [0.15, 0.2) is 0 Å². The third-order valence-electron chi connectivity index (χ3n) is 5.36. The number of nitrogens with zero attached hydrogens (tertiary/aromatic N) is 3. The Morgan fingerprint density at radius 2 is 1.77 bits per heavy atom. The van der Waals surface area contributed by atoms with Gasteiger partial charge in [-0.2, -0.15) is 0 Å². The lowest BCUT2D eigenvalue weighted by molar-refractivity contribution is -0.121. The first-order valence-corrected chi connectivity index (χ1v) is 11.4. The van der Waals surface area contributed by atoms with Crippen LogP contribution in [0.2, 0.25) is 0 Å². The second-order valence-corrected chi connectivity index (χ2v) is 8.39. The second kappa shape index (κ2) is 9.31. The molecule has 0 aliphatic heterocycles. The van der Waals surface area contributed by atoms with Crippen LogP contribution in [0.4, 0.5) is 0 Å². The van der Waals surface area contributed by atoms with E-state index < -0.39 is 0 Å². The van der Waals surface area contributed by atoms with Crippen LogP contribution in [0.3, 0.4) is 0 Å². The Balaban J connectivity index is 1.31. The number of fused-ring (bicyclic) bond motifs is 1. The van der Waals surface area contributed by atoms with E-state index in [4.69, 9.17) is 0 Å². The van der Waals surface area contributed by atoms with E-state index >= 15 is 0 Å². The molecule has 1 amide bonds. The van der Waals surface area contributed by atoms with E-state index in [0.717, 1.165) is 27.3 Å². The van der Waals surface area contributed by atoms with E-state index in [1.165, 1.54) is 5.56 Å². The average molecular weight is 435 g/mol. The third kappa shape index (κ3) is 4.61. The monoisotopic (exact) mass is 434 g/mol. The van der Waals surface area contributed by atoms with Crippen molar-refractivity contribution in [2.75, 3.05) is 6.54 Å². The summed E-state index contributed by atoms with van der Waals surface area (Å²) in [6.45, 7) is 5.52. The average Bonchev–Trinajstić information content (AvgIpc) is 3.35. The molecule has 0 saturated heterocycles. The highest BCUT2D eigenvalue weighted by atomic mass is 32.1. The maximum atomic E-state index is 12.7. The fraction of sp³-hybridized carbons (Fsp3) is 0.292. The summed E-state index contributed by atoms with van der Waals surface area (Å²) in [4.78, 5) is 29.7. The molecule has 0 unspecified atom stereocenters. The van der Waals surface area contributed by atoms with Crippen LogP contribution >= 0.6 is 11.3 Å². The molecule has 2 aromatic carbocycles. The van der Waals surface area contributed by atoms with Crippen LogP contribution in [0.5, 0.6) is 0 Å². The van der Waals surface area contributed by atoms with Crippen LogP contribution in [0.15, 0.2) is 58.7 Å². The number of rotatable bonds is 8. The van der Waals surface area contributed by atoms with Crippen LogP contribution < -0.4 is 11.0 Å². The van der Waals surface area contributed by atoms with E-state index in [0.29, 0.717) is 26.1 Å². The molecule has 160 valence electrons. The molecule has 6 nitrogen and oxygen atoms in total. The molecule has 0 bridgehead atoms. The van der Waals surface area contributed by atoms with E-state index in [9.17, 15) is 9.59 Å². The normalized spacial score (nSPS) is 11.2. The van der Waals surface area contributed by atoms with Gasteiger partial charge in [-0.05, 0) is 26.0 Å².